The molecule has 1 aliphatic rings. The average molecular weight is 413 g/mol. The molecule has 2 aromatic rings. The van der Waals surface area contributed by atoms with Crippen molar-refractivity contribution < 1.29 is 18.7 Å². The van der Waals surface area contributed by atoms with Crippen LogP contribution < -0.4 is 5.32 Å². The summed E-state index contributed by atoms with van der Waals surface area (Å²) in [6.07, 6.45) is 2.64. The van der Waals surface area contributed by atoms with Gasteiger partial charge in [-0.05, 0) is 36.1 Å². The quantitative estimate of drug-likeness (QED) is 0.686. The Balaban J connectivity index is 1.81. The number of ether oxygens (including phenoxy) is 1. The molecule has 30 heavy (non-hydrogen) atoms. The molecule has 2 amide bonds. The highest BCUT2D eigenvalue weighted by Crippen LogP contribution is 2.17. The van der Waals surface area contributed by atoms with E-state index in [1.807, 2.05) is 30.3 Å². The fourth-order valence-corrected chi connectivity index (χ4v) is 3.68. The predicted octanol–water partition coefficient (Wildman–Crippen LogP) is 3.47. The van der Waals surface area contributed by atoms with E-state index in [4.69, 9.17) is 4.74 Å². The van der Waals surface area contributed by atoms with Gasteiger partial charge in [-0.25, -0.2) is 4.39 Å². The van der Waals surface area contributed by atoms with E-state index in [2.05, 4.69) is 5.32 Å². The molecule has 0 aliphatic carbocycles. The Labute approximate surface area is 177 Å². The summed E-state index contributed by atoms with van der Waals surface area (Å²) in [5.41, 5.74) is 1.76. The maximum absolute atomic E-state index is 13.3. The lowest BCUT2D eigenvalue weighted by atomic mass is 10.0. The second-order valence-electron chi connectivity index (χ2n) is 7.59. The summed E-state index contributed by atoms with van der Waals surface area (Å²) in [5, 5.41) is 2.98. The lowest BCUT2D eigenvalue weighted by molar-refractivity contribution is -0.141. The average Bonchev–Trinajstić information content (AvgIpc) is 3.29. The molecule has 0 bridgehead atoms. The molecule has 6 heteroatoms. The maximum Gasteiger partial charge on any atom is 0.243 e. The number of carbonyl (C=O) groups excluding carboxylic acids is 2. The molecule has 2 atom stereocenters. The Morgan fingerprint density at radius 3 is 2.50 bits per heavy atom. The van der Waals surface area contributed by atoms with Crippen LogP contribution in [0.25, 0.3) is 0 Å². The third-order valence-corrected chi connectivity index (χ3v) is 5.37. The van der Waals surface area contributed by atoms with Crippen molar-refractivity contribution in [2.45, 2.75) is 51.3 Å². The first-order valence-corrected chi connectivity index (χ1v) is 10.5. The van der Waals surface area contributed by atoms with E-state index in [9.17, 15) is 14.0 Å². The summed E-state index contributed by atoms with van der Waals surface area (Å²) < 4.78 is 18.9. The van der Waals surface area contributed by atoms with Crippen LogP contribution in [0.15, 0.2) is 54.6 Å². The van der Waals surface area contributed by atoms with Crippen molar-refractivity contribution >= 4 is 11.8 Å². The molecule has 5 nitrogen and oxygen atoms in total. The molecule has 0 spiro atoms. The Kier molecular flexibility index (Phi) is 7.97. The standard InChI is InChI=1S/C24H29FN2O3/c1-2-23(28)27(17-19-10-12-20(25)13-11-19)22(15-18-7-4-3-5-8-18)24(29)26-16-21-9-6-14-30-21/h3-5,7-8,10-13,21-22H,2,6,9,14-17H2,1H3,(H,26,29)/t21-,22-/m0/s1. The molecule has 2 aromatic carbocycles. The zero-order chi connectivity index (χ0) is 21.3. The van der Waals surface area contributed by atoms with Crippen LogP contribution in [0.1, 0.15) is 37.3 Å². The second-order valence-corrected chi connectivity index (χ2v) is 7.59. The topological polar surface area (TPSA) is 58.6 Å². The predicted molar refractivity (Wildman–Crippen MR) is 113 cm³/mol. The number of nitrogens with one attached hydrogen (secondary N) is 1. The van der Waals surface area contributed by atoms with Gasteiger partial charge in [0.15, 0.2) is 0 Å². The number of hydrogen-bond donors (Lipinski definition) is 1. The molecule has 1 saturated heterocycles. The number of benzene rings is 2. The summed E-state index contributed by atoms with van der Waals surface area (Å²) in [7, 11) is 0. The molecule has 1 N–H and O–H groups in total. The van der Waals surface area contributed by atoms with Crippen molar-refractivity contribution in [2.24, 2.45) is 0 Å². The van der Waals surface area contributed by atoms with Gasteiger partial charge in [-0.1, -0.05) is 49.4 Å². The fraction of sp³-hybridized carbons (Fsp3) is 0.417. The molecule has 1 heterocycles. The minimum Gasteiger partial charge on any atom is -0.376 e. The molecule has 160 valence electrons. The summed E-state index contributed by atoms with van der Waals surface area (Å²) in [6.45, 7) is 3.19. The first-order valence-electron chi connectivity index (χ1n) is 10.5. The van der Waals surface area contributed by atoms with Gasteiger partial charge in [-0.15, -0.1) is 0 Å². The molecular formula is C24H29FN2O3. The Morgan fingerprint density at radius 2 is 1.87 bits per heavy atom. The minimum absolute atomic E-state index is 0.0266. The van der Waals surface area contributed by atoms with E-state index in [1.165, 1.54) is 12.1 Å². The smallest absolute Gasteiger partial charge is 0.243 e. The van der Waals surface area contributed by atoms with Gasteiger partial charge >= 0.3 is 0 Å². The second kappa shape index (κ2) is 10.9. The van der Waals surface area contributed by atoms with E-state index in [0.717, 1.165) is 30.6 Å². The van der Waals surface area contributed by atoms with Gasteiger partial charge in [0.05, 0.1) is 6.10 Å². The van der Waals surface area contributed by atoms with Crippen LogP contribution in [0.5, 0.6) is 0 Å². The number of halogens is 1. The number of rotatable bonds is 9. The van der Waals surface area contributed by atoms with Gasteiger partial charge in [-0.3, -0.25) is 9.59 Å². The Bertz CT molecular complexity index is 820. The summed E-state index contributed by atoms with van der Waals surface area (Å²) in [5.74, 6) is -0.645. The normalized spacial score (nSPS) is 16.8. The lowest BCUT2D eigenvalue weighted by Crippen LogP contribution is -2.51. The minimum atomic E-state index is -0.661. The molecule has 3 rings (SSSR count). The number of amides is 2. The molecule has 1 fully saturated rings. The lowest BCUT2D eigenvalue weighted by Gasteiger charge is -2.31. The largest absolute Gasteiger partial charge is 0.376 e. The highest BCUT2D eigenvalue weighted by Gasteiger charge is 2.30. The first kappa shape index (κ1) is 22.0. The van der Waals surface area contributed by atoms with E-state index in [1.54, 1.807) is 24.0 Å². The van der Waals surface area contributed by atoms with E-state index in [-0.39, 0.29) is 36.7 Å². The van der Waals surface area contributed by atoms with Crippen LogP contribution in [-0.2, 0) is 27.3 Å². The number of carbonyl (C=O) groups is 2. The monoisotopic (exact) mass is 412 g/mol. The number of nitrogens with zero attached hydrogens (tertiary/aromatic N) is 1. The van der Waals surface area contributed by atoms with Crippen LogP contribution in [0.4, 0.5) is 4.39 Å². The SMILES string of the molecule is CCC(=O)N(Cc1ccc(F)cc1)[C@@H](Cc1ccccc1)C(=O)NC[C@@H]1CCCO1. The Hall–Kier alpha value is -2.73. The zero-order valence-corrected chi connectivity index (χ0v) is 17.4. The third kappa shape index (κ3) is 6.13. The molecule has 0 radical (unpaired) electrons. The molecular weight excluding hydrogens is 383 g/mol. The fourth-order valence-electron chi connectivity index (χ4n) is 3.68. The van der Waals surface area contributed by atoms with Crippen molar-refractivity contribution in [3.8, 4) is 0 Å². The van der Waals surface area contributed by atoms with Crippen molar-refractivity contribution in [2.75, 3.05) is 13.2 Å². The summed E-state index contributed by atoms with van der Waals surface area (Å²) in [4.78, 5) is 27.6. The first-order chi connectivity index (χ1) is 14.6. The van der Waals surface area contributed by atoms with Gasteiger partial charge < -0.3 is 15.0 Å². The molecule has 0 saturated carbocycles. The molecule has 1 aliphatic heterocycles. The van der Waals surface area contributed by atoms with Crippen LogP contribution in [0.2, 0.25) is 0 Å². The highest BCUT2D eigenvalue weighted by atomic mass is 19.1. The van der Waals surface area contributed by atoms with Crippen molar-refractivity contribution in [1.29, 1.82) is 0 Å². The van der Waals surface area contributed by atoms with Crippen LogP contribution in [-0.4, -0.2) is 42.0 Å². The van der Waals surface area contributed by atoms with Crippen molar-refractivity contribution in [1.82, 2.24) is 10.2 Å². The summed E-state index contributed by atoms with van der Waals surface area (Å²) in [6, 6.07) is 15.0. The van der Waals surface area contributed by atoms with E-state index >= 15 is 0 Å². The van der Waals surface area contributed by atoms with E-state index in [0.29, 0.717) is 13.0 Å². The zero-order valence-electron chi connectivity index (χ0n) is 17.4. The molecule has 0 unspecified atom stereocenters. The van der Waals surface area contributed by atoms with E-state index < -0.39 is 6.04 Å². The van der Waals surface area contributed by atoms with Gasteiger partial charge in [0.2, 0.25) is 11.8 Å². The maximum atomic E-state index is 13.3. The van der Waals surface area contributed by atoms with Crippen molar-refractivity contribution in [3.05, 3.63) is 71.5 Å². The van der Waals surface area contributed by atoms with Crippen LogP contribution >= 0.6 is 0 Å². The van der Waals surface area contributed by atoms with Crippen LogP contribution in [0, 0.1) is 5.82 Å². The number of hydrogen-bond acceptors (Lipinski definition) is 3. The molecule has 0 aromatic heterocycles. The van der Waals surface area contributed by atoms with Gasteiger partial charge in [0.1, 0.15) is 11.9 Å². The van der Waals surface area contributed by atoms with Gasteiger partial charge in [0, 0.05) is 32.5 Å². The van der Waals surface area contributed by atoms with Crippen LogP contribution in [0.3, 0.4) is 0 Å². The summed E-state index contributed by atoms with van der Waals surface area (Å²) >= 11 is 0. The third-order valence-electron chi connectivity index (χ3n) is 5.37. The van der Waals surface area contributed by atoms with Crippen molar-refractivity contribution in [3.63, 3.8) is 0 Å². The Morgan fingerprint density at radius 1 is 1.13 bits per heavy atom. The van der Waals surface area contributed by atoms with Gasteiger partial charge in [0.25, 0.3) is 0 Å². The highest BCUT2D eigenvalue weighted by molar-refractivity contribution is 5.88. The van der Waals surface area contributed by atoms with Gasteiger partial charge in [-0.2, -0.15) is 0 Å².